The number of carboxylic acids is 1. The maximum atomic E-state index is 12.1. The highest BCUT2D eigenvalue weighted by Crippen LogP contribution is 2.42. The lowest BCUT2D eigenvalue weighted by molar-refractivity contribution is -0.276. The predicted molar refractivity (Wildman–Crippen MR) is 181 cm³/mol. The average Bonchev–Trinajstić information content (AvgIpc) is 3.11. The van der Waals surface area contributed by atoms with Gasteiger partial charge in [-0.3, -0.25) is 14.5 Å². The van der Waals surface area contributed by atoms with Crippen molar-refractivity contribution in [3.8, 4) is 11.1 Å². The minimum atomic E-state index is -0.992. The molecule has 5 rings (SSSR count). The molecule has 8 nitrogen and oxygen atoms in total. The van der Waals surface area contributed by atoms with E-state index in [1.807, 2.05) is 72.8 Å². The van der Waals surface area contributed by atoms with Crippen molar-refractivity contribution in [1.82, 2.24) is 10.2 Å². The molecule has 0 aromatic heterocycles. The van der Waals surface area contributed by atoms with E-state index in [1.165, 1.54) is 5.56 Å². The van der Waals surface area contributed by atoms with Crippen LogP contribution in [-0.4, -0.2) is 46.7 Å². The van der Waals surface area contributed by atoms with E-state index in [2.05, 4.69) is 61.4 Å². The summed E-state index contributed by atoms with van der Waals surface area (Å²) < 4.78 is 13.5. The van der Waals surface area contributed by atoms with Crippen LogP contribution in [0.4, 0.5) is 0 Å². The molecular formula is C39H44N2O6. The number of benzene rings is 4. The molecule has 0 saturated carbocycles. The van der Waals surface area contributed by atoms with Gasteiger partial charge in [-0.1, -0.05) is 97.9 Å². The summed E-state index contributed by atoms with van der Waals surface area (Å²) in [6.07, 6.45) is -1.18. The first-order valence-electron chi connectivity index (χ1n) is 16.2. The van der Waals surface area contributed by atoms with Crippen LogP contribution in [0.15, 0.2) is 103 Å². The van der Waals surface area contributed by atoms with Crippen LogP contribution < -0.4 is 5.32 Å². The van der Waals surface area contributed by atoms with E-state index in [-0.39, 0.29) is 49.5 Å². The Kier molecular flexibility index (Phi) is 11.6. The van der Waals surface area contributed by atoms with Crippen molar-refractivity contribution in [3.63, 3.8) is 0 Å². The highest BCUT2D eigenvalue weighted by molar-refractivity contribution is 5.80. The van der Waals surface area contributed by atoms with Crippen LogP contribution >= 0.6 is 0 Å². The summed E-state index contributed by atoms with van der Waals surface area (Å²) in [6.45, 7) is 5.40. The van der Waals surface area contributed by atoms with Gasteiger partial charge in [-0.2, -0.15) is 0 Å². The lowest BCUT2D eigenvalue weighted by Crippen LogP contribution is -2.44. The number of nitrogens with zero attached hydrogens (tertiary/aromatic N) is 1. The maximum absolute atomic E-state index is 12.1. The van der Waals surface area contributed by atoms with Crippen molar-refractivity contribution in [3.05, 3.63) is 131 Å². The van der Waals surface area contributed by atoms with Crippen LogP contribution in [0, 0.1) is 5.92 Å². The molecule has 1 amide bonds. The second-order valence-electron chi connectivity index (χ2n) is 12.3. The van der Waals surface area contributed by atoms with Crippen molar-refractivity contribution >= 4 is 11.9 Å². The average molecular weight is 637 g/mol. The lowest BCUT2D eigenvalue weighted by atomic mass is 9.89. The number of hydrogen-bond donors (Lipinski definition) is 3. The molecule has 246 valence electrons. The Morgan fingerprint density at radius 3 is 2.23 bits per heavy atom. The molecule has 47 heavy (non-hydrogen) atoms. The number of nitrogens with one attached hydrogen (secondary N) is 1. The number of hydrogen-bond acceptors (Lipinski definition) is 6. The number of carboxylic acid groups (broad SMARTS) is 1. The molecule has 4 aromatic rings. The van der Waals surface area contributed by atoms with Gasteiger partial charge in [0.25, 0.3) is 0 Å². The summed E-state index contributed by atoms with van der Waals surface area (Å²) in [6, 6.07) is 34.7. The second-order valence-corrected chi connectivity index (χ2v) is 12.3. The molecule has 0 spiro atoms. The number of amides is 1. The number of aliphatic carboxylic acids is 1. The van der Waals surface area contributed by atoms with Crippen molar-refractivity contribution in [2.45, 2.75) is 64.4 Å². The fourth-order valence-electron chi connectivity index (χ4n) is 5.99. The third-order valence-electron chi connectivity index (χ3n) is 9.01. The Hall–Kier alpha value is -4.34. The number of carbonyl (C=O) groups is 2. The van der Waals surface area contributed by atoms with Crippen LogP contribution in [0.2, 0.25) is 0 Å². The largest absolute Gasteiger partial charge is 0.481 e. The fraction of sp³-hybridized carbons (Fsp3) is 0.333. The highest BCUT2D eigenvalue weighted by Gasteiger charge is 2.39. The van der Waals surface area contributed by atoms with Gasteiger partial charge in [0.1, 0.15) is 0 Å². The van der Waals surface area contributed by atoms with Crippen molar-refractivity contribution in [1.29, 1.82) is 0 Å². The van der Waals surface area contributed by atoms with Crippen molar-refractivity contribution < 1.29 is 29.3 Å². The van der Waals surface area contributed by atoms with Crippen LogP contribution in [0.3, 0.4) is 0 Å². The molecule has 1 fully saturated rings. The Labute approximate surface area is 277 Å². The first-order valence-corrected chi connectivity index (χ1v) is 16.2. The van der Waals surface area contributed by atoms with Crippen LogP contribution in [0.1, 0.15) is 72.9 Å². The van der Waals surface area contributed by atoms with E-state index in [9.17, 15) is 14.7 Å². The monoisotopic (exact) mass is 636 g/mol. The number of likely N-dealkylation sites (N-methyl/N-ethyl adjacent to an activating group) is 1. The molecule has 3 N–H and O–H groups in total. The van der Waals surface area contributed by atoms with Gasteiger partial charge in [0.2, 0.25) is 5.91 Å². The Bertz CT molecular complexity index is 1630. The lowest BCUT2D eigenvalue weighted by Gasteiger charge is -2.43. The molecule has 0 radical (unpaired) electrons. The molecule has 0 aliphatic carbocycles. The van der Waals surface area contributed by atoms with Gasteiger partial charge >= 0.3 is 5.97 Å². The number of ether oxygens (including phenoxy) is 2. The zero-order chi connectivity index (χ0) is 33.3. The van der Waals surface area contributed by atoms with E-state index in [0.29, 0.717) is 13.1 Å². The second kappa shape index (κ2) is 16.0. The summed E-state index contributed by atoms with van der Waals surface area (Å²) in [4.78, 5) is 25.2. The molecule has 8 heteroatoms. The van der Waals surface area contributed by atoms with Gasteiger partial charge in [-0.15, -0.1) is 0 Å². The zero-order valence-electron chi connectivity index (χ0n) is 27.2. The number of carbonyl (C=O) groups excluding carboxylic acids is 1. The van der Waals surface area contributed by atoms with Gasteiger partial charge in [-0.25, -0.2) is 0 Å². The van der Waals surface area contributed by atoms with Gasteiger partial charge in [-0.05, 0) is 59.5 Å². The number of aliphatic hydroxyl groups is 1. The summed E-state index contributed by atoms with van der Waals surface area (Å²) in [5.41, 5.74) is 6.94. The Balaban J connectivity index is 1.37. The standard InChI is InChI=1S/C39H44N2O6/c1-26-35(24-41(3)27(2)30-10-5-4-6-11-30)46-39(47-38(26)31-17-15-28(25-42)16-18-31)34-14-8-13-33(22-34)32-12-7-9-29(21-32)23-40-36(43)19-20-37(44)45/h4-18,21-22,26-27,35,38-39,42H,19-20,23-25H2,1-3H3,(H,40,43)(H,44,45). The topological polar surface area (TPSA) is 108 Å². The Morgan fingerprint density at radius 1 is 0.830 bits per heavy atom. The molecule has 0 bridgehead atoms. The van der Waals surface area contributed by atoms with E-state index in [1.54, 1.807) is 0 Å². The predicted octanol–water partition coefficient (Wildman–Crippen LogP) is 6.81. The van der Waals surface area contributed by atoms with E-state index >= 15 is 0 Å². The molecule has 4 aromatic carbocycles. The summed E-state index contributed by atoms with van der Waals surface area (Å²) in [5.74, 6) is -1.23. The first kappa shape index (κ1) is 34.0. The summed E-state index contributed by atoms with van der Waals surface area (Å²) in [5, 5.41) is 21.3. The molecule has 1 aliphatic rings. The molecule has 5 atom stereocenters. The van der Waals surface area contributed by atoms with E-state index in [4.69, 9.17) is 14.6 Å². The van der Waals surface area contributed by atoms with Crippen LogP contribution in [-0.2, 0) is 32.2 Å². The molecule has 5 unspecified atom stereocenters. The molecule has 1 saturated heterocycles. The minimum Gasteiger partial charge on any atom is -0.481 e. The first-order chi connectivity index (χ1) is 22.7. The van der Waals surface area contributed by atoms with Crippen LogP contribution in [0.5, 0.6) is 0 Å². The molecule has 1 aliphatic heterocycles. The molecular weight excluding hydrogens is 592 g/mol. The van der Waals surface area contributed by atoms with Gasteiger partial charge in [0.15, 0.2) is 6.29 Å². The van der Waals surface area contributed by atoms with Gasteiger partial charge < -0.3 is 25.0 Å². The van der Waals surface area contributed by atoms with Crippen molar-refractivity contribution in [2.75, 3.05) is 13.6 Å². The summed E-state index contributed by atoms with van der Waals surface area (Å²) >= 11 is 0. The summed E-state index contributed by atoms with van der Waals surface area (Å²) in [7, 11) is 2.13. The van der Waals surface area contributed by atoms with Crippen LogP contribution in [0.25, 0.3) is 11.1 Å². The van der Waals surface area contributed by atoms with E-state index < -0.39 is 12.3 Å². The maximum Gasteiger partial charge on any atom is 0.303 e. The third-order valence-corrected chi connectivity index (χ3v) is 9.01. The fourth-order valence-corrected chi connectivity index (χ4v) is 5.99. The quantitative estimate of drug-likeness (QED) is 0.148. The van der Waals surface area contributed by atoms with Crippen molar-refractivity contribution in [2.24, 2.45) is 5.92 Å². The minimum absolute atomic E-state index is 0.0109. The molecule has 1 heterocycles. The SMILES string of the molecule is CC1C(CN(C)C(C)c2ccccc2)OC(c2cccc(-c3cccc(CNC(=O)CCC(=O)O)c3)c2)OC1c1ccc(CO)cc1. The number of aliphatic hydroxyl groups excluding tert-OH is 1. The van der Waals surface area contributed by atoms with E-state index in [0.717, 1.165) is 33.4 Å². The zero-order valence-corrected chi connectivity index (χ0v) is 27.2. The van der Waals surface area contributed by atoms with Gasteiger partial charge in [0.05, 0.1) is 25.2 Å². The van der Waals surface area contributed by atoms with Gasteiger partial charge in [0, 0.05) is 37.0 Å². The highest BCUT2D eigenvalue weighted by atomic mass is 16.7. The Morgan fingerprint density at radius 2 is 1.53 bits per heavy atom. The normalized spacial score (nSPS) is 20.1. The number of rotatable bonds is 13. The smallest absolute Gasteiger partial charge is 0.303 e. The third kappa shape index (κ3) is 8.93.